The number of benzene rings is 3. The fraction of sp³-hybridized carbons (Fsp3) is 0.400. The molecule has 190 valence electrons. The number of rotatable bonds is 6. The molecule has 4 rings (SSSR count). The van der Waals surface area contributed by atoms with E-state index in [-0.39, 0.29) is 11.1 Å². The summed E-state index contributed by atoms with van der Waals surface area (Å²) in [5.74, 6) is 4.32. The largest absolute Gasteiger partial charge is 0.573 e. The van der Waals surface area contributed by atoms with Gasteiger partial charge in [-0.3, -0.25) is 0 Å². The average molecular weight is 501 g/mol. The van der Waals surface area contributed by atoms with Crippen molar-refractivity contribution in [2.75, 3.05) is 0 Å². The number of alkyl halides is 3. The summed E-state index contributed by atoms with van der Waals surface area (Å²) in [6.45, 7) is 2.25. The summed E-state index contributed by atoms with van der Waals surface area (Å²) in [6.07, 6.45) is 5.02. The van der Waals surface area contributed by atoms with Crippen molar-refractivity contribution >= 4 is 10.8 Å². The van der Waals surface area contributed by atoms with Crippen LogP contribution in [-0.2, 0) is 6.42 Å². The maximum absolute atomic E-state index is 15.1. The van der Waals surface area contributed by atoms with Gasteiger partial charge in [0.2, 0.25) is 0 Å². The third-order valence-electron chi connectivity index (χ3n) is 7.02. The van der Waals surface area contributed by atoms with Gasteiger partial charge in [0, 0.05) is 10.9 Å². The zero-order chi connectivity index (χ0) is 25.7. The molecule has 0 spiro atoms. The van der Waals surface area contributed by atoms with Crippen molar-refractivity contribution in [2.24, 2.45) is 11.8 Å². The lowest BCUT2D eigenvalue weighted by molar-refractivity contribution is -0.275. The predicted molar refractivity (Wildman–Crippen MR) is 132 cm³/mol. The van der Waals surface area contributed by atoms with Gasteiger partial charge in [-0.2, -0.15) is 0 Å². The molecule has 1 aliphatic carbocycles. The number of aryl methyl sites for hydroxylation is 1. The molecule has 1 aliphatic rings. The van der Waals surface area contributed by atoms with E-state index in [0.29, 0.717) is 5.39 Å². The fourth-order valence-electron chi connectivity index (χ4n) is 5.11. The number of ether oxygens (including phenoxy) is 1. The van der Waals surface area contributed by atoms with Crippen molar-refractivity contribution < 1.29 is 26.7 Å². The van der Waals surface area contributed by atoms with Gasteiger partial charge < -0.3 is 4.74 Å². The second kappa shape index (κ2) is 11.3. The van der Waals surface area contributed by atoms with Crippen LogP contribution in [0.2, 0.25) is 0 Å². The third-order valence-corrected chi connectivity index (χ3v) is 7.02. The van der Waals surface area contributed by atoms with Gasteiger partial charge in [-0.1, -0.05) is 81.6 Å². The van der Waals surface area contributed by atoms with Crippen LogP contribution >= 0.6 is 0 Å². The standard InChI is InChI=1S/C30H29F5O/c1-2-3-20-4-6-21(7-5-20)8-9-22-11-16-26-25(18-22)15-14-24(29(26)32)13-10-23-12-17-28(27(31)19-23)36-30(33,34)35/h11-12,14-21H,2-9H2,1H3. The molecule has 0 N–H and O–H groups in total. The first-order valence-corrected chi connectivity index (χ1v) is 12.5. The van der Waals surface area contributed by atoms with E-state index in [4.69, 9.17) is 0 Å². The smallest absolute Gasteiger partial charge is 0.403 e. The van der Waals surface area contributed by atoms with Gasteiger partial charge in [-0.05, 0) is 59.9 Å². The Kier molecular flexibility index (Phi) is 8.18. The second-order valence-corrected chi connectivity index (χ2v) is 9.64. The van der Waals surface area contributed by atoms with E-state index in [2.05, 4.69) is 23.5 Å². The minimum atomic E-state index is -4.99. The summed E-state index contributed by atoms with van der Waals surface area (Å²) in [5.41, 5.74) is 1.43. The summed E-state index contributed by atoms with van der Waals surface area (Å²) in [6, 6.07) is 12.0. The molecule has 1 fully saturated rings. The monoisotopic (exact) mass is 500 g/mol. The van der Waals surface area contributed by atoms with Crippen molar-refractivity contribution in [1.82, 2.24) is 0 Å². The maximum Gasteiger partial charge on any atom is 0.573 e. The molecule has 0 radical (unpaired) electrons. The molecule has 3 aromatic rings. The second-order valence-electron chi connectivity index (χ2n) is 9.64. The van der Waals surface area contributed by atoms with Crippen LogP contribution in [0.3, 0.4) is 0 Å². The Labute approximate surface area is 208 Å². The van der Waals surface area contributed by atoms with Gasteiger partial charge in [0.05, 0.1) is 5.56 Å². The van der Waals surface area contributed by atoms with Crippen molar-refractivity contribution in [3.8, 4) is 17.6 Å². The Balaban J connectivity index is 1.42. The van der Waals surface area contributed by atoms with Gasteiger partial charge in [-0.15, -0.1) is 13.2 Å². The number of hydrogen-bond acceptors (Lipinski definition) is 1. The molecule has 0 unspecified atom stereocenters. The highest BCUT2D eigenvalue weighted by atomic mass is 19.4. The third kappa shape index (κ3) is 6.78. The molecule has 6 heteroatoms. The zero-order valence-corrected chi connectivity index (χ0v) is 20.2. The minimum Gasteiger partial charge on any atom is -0.403 e. The summed E-state index contributed by atoms with van der Waals surface area (Å²) in [7, 11) is 0. The summed E-state index contributed by atoms with van der Waals surface area (Å²) in [4.78, 5) is 0. The molecule has 0 aromatic heterocycles. The highest BCUT2D eigenvalue weighted by molar-refractivity contribution is 5.85. The van der Waals surface area contributed by atoms with E-state index >= 15 is 4.39 Å². The van der Waals surface area contributed by atoms with Crippen LogP contribution < -0.4 is 4.74 Å². The van der Waals surface area contributed by atoms with Crippen LogP contribution in [0, 0.1) is 35.3 Å². The first kappa shape index (κ1) is 26.0. The normalized spacial score (nSPS) is 18.1. The Morgan fingerprint density at radius 1 is 0.861 bits per heavy atom. The number of halogens is 5. The lowest BCUT2D eigenvalue weighted by Gasteiger charge is -2.28. The van der Waals surface area contributed by atoms with Crippen LogP contribution in [0.5, 0.6) is 5.75 Å². The van der Waals surface area contributed by atoms with Crippen molar-refractivity contribution in [1.29, 1.82) is 0 Å². The highest BCUT2D eigenvalue weighted by Crippen LogP contribution is 2.34. The first-order valence-electron chi connectivity index (χ1n) is 12.5. The molecule has 0 bridgehead atoms. The molecule has 0 heterocycles. The molecule has 3 aromatic carbocycles. The summed E-state index contributed by atoms with van der Waals surface area (Å²) >= 11 is 0. The molecule has 0 atom stereocenters. The molecular formula is C30H29F5O. The van der Waals surface area contributed by atoms with Crippen LogP contribution in [0.4, 0.5) is 22.0 Å². The van der Waals surface area contributed by atoms with Gasteiger partial charge in [0.25, 0.3) is 0 Å². The molecule has 1 nitrogen and oxygen atoms in total. The van der Waals surface area contributed by atoms with E-state index < -0.39 is 23.7 Å². The van der Waals surface area contributed by atoms with E-state index in [1.54, 1.807) is 12.1 Å². The minimum absolute atomic E-state index is 0.112. The topological polar surface area (TPSA) is 9.23 Å². The molecule has 0 saturated heterocycles. The van der Waals surface area contributed by atoms with Crippen LogP contribution in [0.15, 0.2) is 48.5 Å². The van der Waals surface area contributed by atoms with E-state index in [9.17, 15) is 17.6 Å². The predicted octanol–water partition coefficient (Wildman–Crippen LogP) is 8.96. The average Bonchev–Trinajstić information content (AvgIpc) is 2.84. The first-order chi connectivity index (χ1) is 17.2. The SMILES string of the molecule is CCCC1CCC(CCc2ccc3c(F)c(C#Cc4ccc(OC(F)(F)F)c(F)c4)ccc3c2)CC1. The van der Waals surface area contributed by atoms with Gasteiger partial charge in [0.1, 0.15) is 5.82 Å². The Hall–Kier alpha value is -3.07. The Bertz CT molecular complexity index is 1260. The van der Waals surface area contributed by atoms with Gasteiger partial charge >= 0.3 is 6.36 Å². The van der Waals surface area contributed by atoms with Crippen LogP contribution in [-0.4, -0.2) is 6.36 Å². The molecule has 36 heavy (non-hydrogen) atoms. The quantitative estimate of drug-likeness (QED) is 0.242. The van der Waals surface area contributed by atoms with Crippen LogP contribution in [0.25, 0.3) is 10.8 Å². The summed E-state index contributed by atoms with van der Waals surface area (Å²) in [5, 5.41) is 1.24. The lowest BCUT2D eigenvalue weighted by atomic mass is 9.78. The van der Waals surface area contributed by atoms with Crippen molar-refractivity contribution in [3.05, 3.63) is 76.9 Å². The summed E-state index contributed by atoms with van der Waals surface area (Å²) < 4.78 is 69.5. The van der Waals surface area contributed by atoms with Crippen LogP contribution in [0.1, 0.15) is 68.6 Å². The van der Waals surface area contributed by atoms with E-state index in [1.165, 1.54) is 50.2 Å². The molecule has 0 aliphatic heterocycles. The number of hydrogen-bond donors (Lipinski definition) is 0. The van der Waals surface area contributed by atoms with Crippen molar-refractivity contribution in [2.45, 2.75) is 64.7 Å². The molecular weight excluding hydrogens is 471 g/mol. The maximum atomic E-state index is 15.1. The van der Waals surface area contributed by atoms with Crippen molar-refractivity contribution in [3.63, 3.8) is 0 Å². The van der Waals surface area contributed by atoms with Gasteiger partial charge in [0.15, 0.2) is 11.6 Å². The molecule has 1 saturated carbocycles. The molecule has 0 amide bonds. The van der Waals surface area contributed by atoms with Gasteiger partial charge in [-0.25, -0.2) is 8.78 Å². The lowest BCUT2D eigenvalue weighted by Crippen LogP contribution is -2.17. The fourth-order valence-corrected chi connectivity index (χ4v) is 5.11. The Morgan fingerprint density at radius 3 is 2.25 bits per heavy atom. The van der Waals surface area contributed by atoms with E-state index in [1.807, 2.05) is 18.2 Å². The van der Waals surface area contributed by atoms with E-state index in [0.717, 1.165) is 42.2 Å². The zero-order valence-electron chi connectivity index (χ0n) is 20.2. The Morgan fingerprint density at radius 2 is 1.58 bits per heavy atom. The number of fused-ring (bicyclic) bond motifs is 1. The highest BCUT2D eigenvalue weighted by Gasteiger charge is 2.32.